The molecule has 0 saturated carbocycles. The van der Waals surface area contributed by atoms with Crippen molar-refractivity contribution in [1.82, 2.24) is 0 Å². The van der Waals surface area contributed by atoms with E-state index in [1.165, 1.54) is 10.4 Å². The lowest BCUT2D eigenvalue weighted by molar-refractivity contribution is -0.178. The standard InChI is InChI=1S/C22H42O4Si2/c1-7-17-21(23-9-3,24-10-4)27-19-13-15-20(16-14-19)28-22(18-8-2,25-11-5)26-12-6/h13-16H,7-12,17-18,27-28H2,1-6H3. The molecule has 0 spiro atoms. The molecule has 6 heteroatoms. The average molecular weight is 427 g/mol. The molecule has 28 heavy (non-hydrogen) atoms. The van der Waals surface area contributed by atoms with Gasteiger partial charge < -0.3 is 18.9 Å². The van der Waals surface area contributed by atoms with Gasteiger partial charge in [0.05, 0.1) is 0 Å². The van der Waals surface area contributed by atoms with E-state index in [-0.39, 0.29) is 10.8 Å². The van der Waals surface area contributed by atoms with Crippen molar-refractivity contribution in [2.75, 3.05) is 26.4 Å². The Labute approximate surface area is 177 Å². The molecule has 0 unspecified atom stereocenters. The van der Waals surface area contributed by atoms with Gasteiger partial charge in [-0.05, 0) is 40.5 Å². The zero-order valence-corrected chi connectivity index (χ0v) is 21.8. The molecule has 1 rings (SSSR count). The molecule has 0 bridgehead atoms. The molecule has 0 N–H and O–H groups in total. The summed E-state index contributed by atoms with van der Waals surface area (Å²) in [5.41, 5.74) is -0.750. The summed E-state index contributed by atoms with van der Waals surface area (Å²) in [5.74, 6) is 0. The van der Waals surface area contributed by atoms with Crippen LogP contribution in [0.2, 0.25) is 0 Å². The molecular formula is C22H42O4Si2. The average Bonchev–Trinajstić information content (AvgIpc) is 2.65. The van der Waals surface area contributed by atoms with Crippen molar-refractivity contribution >= 4 is 29.4 Å². The summed E-state index contributed by atoms with van der Waals surface area (Å²) in [6.07, 6.45) is 4.07. The zero-order valence-electron chi connectivity index (χ0n) is 19.0. The summed E-state index contributed by atoms with van der Waals surface area (Å²) in [5, 5.41) is 2.78. The third-order valence-electron chi connectivity index (χ3n) is 4.86. The maximum Gasteiger partial charge on any atom is 0.149 e. The summed E-state index contributed by atoms with van der Waals surface area (Å²) in [6.45, 7) is 15.4. The fourth-order valence-corrected chi connectivity index (χ4v) is 8.44. The second-order valence-electron chi connectivity index (χ2n) is 7.22. The number of rotatable bonds is 16. The SMILES string of the molecule is CCCC(OCC)(OCC)[SiH2]c1ccc([SiH2]C(CCC)(OCC)OCC)cc1. The monoisotopic (exact) mass is 426 g/mol. The van der Waals surface area contributed by atoms with Gasteiger partial charge in [-0.25, -0.2) is 0 Å². The Bertz CT molecular complexity index is 441. The lowest BCUT2D eigenvalue weighted by Gasteiger charge is -2.34. The molecular weight excluding hydrogens is 384 g/mol. The van der Waals surface area contributed by atoms with E-state index in [1.807, 2.05) is 0 Å². The lowest BCUT2D eigenvalue weighted by Crippen LogP contribution is -2.49. The van der Waals surface area contributed by atoms with Crippen LogP contribution in [0.15, 0.2) is 24.3 Å². The van der Waals surface area contributed by atoms with Crippen LogP contribution in [-0.2, 0) is 18.9 Å². The van der Waals surface area contributed by atoms with Gasteiger partial charge >= 0.3 is 0 Å². The number of ether oxygens (including phenoxy) is 4. The van der Waals surface area contributed by atoms with E-state index in [4.69, 9.17) is 18.9 Å². The molecule has 0 fully saturated rings. The molecule has 162 valence electrons. The highest BCUT2D eigenvalue weighted by Crippen LogP contribution is 2.20. The Morgan fingerprint density at radius 1 is 0.571 bits per heavy atom. The van der Waals surface area contributed by atoms with Gasteiger partial charge in [0.1, 0.15) is 29.9 Å². The van der Waals surface area contributed by atoms with Crippen LogP contribution in [-0.4, -0.2) is 56.3 Å². The van der Waals surface area contributed by atoms with Crippen LogP contribution in [0.4, 0.5) is 0 Å². The second-order valence-corrected chi connectivity index (χ2v) is 11.7. The van der Waals surface area contributed by atoms with Crippen molar-refractivity contribution in [3.63, 3.8) is 0 Å². The maximum absolute atomic E-state index is 6.13. The summed E-state index contributed by atoms with van der Waals surface area (Å²) in [6, 6.07) is 9.13. The third kappa shape index (κ3) is 8.09. The maximum atomic E-state index is 6.13. The van der Waals surface area contributed by atoms with Gasteiger partial charge in [0.2, 0.25) is 0 Å². The molecule has 0 heterocycles. The highest BCUT2D eigenvalue weighted by molar-refractivity contribution is 6.58. The number of benzene rings is 1. The van der Waals surface area contributed by atoms with Crippen molar-refractivity contribution in [2.45, 2.75) is 78.0 Å². The van der Waals surface area contributed by atoms with Crippen LogP contribution < -0.4 is 10.4 Å². The van der Waals surface area contributed by atoms with E-state index < -0.39 is 19.0 Å². The zero-order chi connectivity index (χ0) is 20.9. The molecule has 0 atom stereocenters. The number of hydrogen-bond donors (Lipinski definition) is 0. The van der Waals surface area contributed by atoms with E-state index in [0.717, 1.165) is 25.7 Å². The van der Waals surface area contributed by atoms with Crippen LogP contribution in [0.1, 0.15) is 67.2 Å². The molecule has 0 amide bonds. The Morgan fingerprint density at radius 3 is 1.07 bits per heavy atom. The second kappa shape index (κ2) is 13.7. The van der Waals surface area contributed by atoms with Gasteiger partial charge in [0.15, 0.2) is 0 Å². The minimum Gasteiger partial charge on any atom is -0.354 e. The predicted molar refractivity (Wildman–Crippen MR) is 125 cm³/mol. The van der Waals surface area contributed by atoms with Gasteiger partial charge in [0.25, 0.3) is 0 Å². The largest absolute Gasteiger partial charge is 0.354 e. The van der Waals surface area contributed by atoms with E-state index in [9.17, 15) is 0 Å². The van der Waals surface area contributed by atoms with Gasteiger partial charge in [-0.3, -0.25) is 0 Å². The normalized spacial score (nSPS) is 13.4. The van der Waals surface area contributed by atoms with Crippen LogP contribution >= 0.6 is 0 Å². The molecule has 4 nitrogen and oxygen atoms in total. The molecule has 0 aliphatic carbocycles. The molecule has 0 aliphatic heterocycles. The first-order chi connectivity index (χ1) is 13.5. The van der Waals surface area contributed by atoms with Crippen LogP contribution in [0.25, 0.3) is 0 Å². The van der Waals surface area contributed by atoms with Crippen molar-refractivity contribution < 1.29 is 18.9 Å². The van der Waals surface area contributed by atoms with Crippen LogP contribution in [0.5, 0.6) is 0 Å². The highest BCUT2D eigenvalue weighted by Gasteiger charge is 2.32. The Morgan fingerprint density at radius 2 is 0.857 bits per heavy atom. The minimum absolute atomic E-state index is 0.375. The first-order valence-electron chi connectivity index (χ1n) is 11.2. The molecule has 0 saturated heterocycles. The van der Waals surface area contributed by atoms with Crippen molar-refractivity contribution in [2.24, 2.45) is 0 Å². The Kier molecular flexibility index (Phi) is 12.5. The number of hydrogen-bond acceptors (Lipinski definition) is 4. The molecule has 0 radical (unpaired) electrons. The van der Waals surface area contributed by atoms with E-state index in [0.29, 0.717) is 26.4 Å². The predicted octanol–water partition coefficient (Wildman–Crippen LogP) is 2.33. The molecule has 0 aliphatic rings. The topological polar surface area (TPSA) is 36.9 Å². The summed E-state index contributed by atoms with van der Waals surface area (Å²) < 4.78 is 24.5. The smallest absolute Gasteiger partial charge is 0.149 e. The Hall–Kier alpha value is -0.506. The molecule has 1 aromatic rings. The van der Waals surface area contributed by atoms with Crippen molar-refractivity contribution in [1.29, 1.82) is 0 Å². The Balaban J connectivity index is 2.95. The van der Waals surface area contributed by atoms with E-state index >= 15 is 0 Å². The van der Waals surface area contributed by atoms with Crippen LogP contribution in [0.3, 0.4) is 0 Å². The lowest BCUT2D eigenvalue weighted by atomic mass is 10.3. The van der Waals surface area contributed by atoms with Crippen molar-refractivity contribution in [3.8, 4) is 0 Å². The van der Waals surface area contributed by atoms with Gasteiger partial charge in [-0.1, -0.05) is 61.3 Å². The molecule has 1 aromatic carbocycles. The van der Waals surface area contributed by atoms with E-state index in [2.05, 4.69) is 65.8 Å². The van der Waals surface area contributed by atoms with Gasteiger partial charge in [0, 0.05) is 26.4 Å². The third-order valence-corrected chi connectivity index (χ3v) is 9.22. The first-order valence-corrected chi connectivity index (χ1v) is 14.0. The quantitative estimate of drug-likeness (QED) is 0.300. The van der Waals surface area contributed by atoms with Gasteiger partial charge in [-0.2, -0.15) is 0 Å². The van der Waals surface area contributed by atoms with Crippen molar-refractivity contribution in [3.05, 3.63) is 24.3 Å². The fraction of sp³-hybridized carbons (Fsp3) is 0.727. The first kappa shape index (κ1) is 25.5. The van der Waals surface area contributed by atoms with E-state index in [1.54, 1.807) is 0 Å². The summed E-state index contributed by atoms with van der Waals surface area (Å²) in [7, 11) is -1.43. The highest BCUT2D eigenvalue weighted by atomic mass is 28.2. The summed E-state index contributed by atoms with van der Waals surface area (Å²) in [4.78, 5) is 0. The fourth-order valence-electron chi connectivity index (χ4n) is 3.96. The van der Waals surface area contributed by atoms with Gasteiger partial charge in [-0.15, -0.1) is 0 Å². The molecule has 0 aromatic heterocycles. The van der Waals surface area contributed by atoms with Crippen LogP contribution in [0, 0.1) is 0 Å². The summed E-state index contributed by atoms with van der Waals surface area (Å²) >= 11 is 0. The minimum atomic E-state index is -0.715.